The van der Waals surface area contributed by atoms with Gasteiger partial charge in [0.25, 0.3) is 0 Å². The molecular formula is C19H20F3NO6P+. The van der Waals surface area contributed by atoms with Crippen molar-refractivity contribution in [1.29, 1.82) is 0 Å². The second-order valence-corrected chi connectivity index (χ2v) is 8.48. The minimum atomic E-state index is -4.76. The predicted molar refractivity (Wildman–Crippen MR) is 102 cm³/mol. The smallest absolute Gasteiger partial charge is 0.448 e. The molecule has 2 aromatic rings. The van der Waals surface area contributed by atoms with Crippen molar-refractivity contribution in [3.8, 4) is 11.1 Å². The number of methoxy groups -OCH3 is 1. The molecule has 7 nitrogen and oxygen atoms in total. The van der Waals surface area contributed by atoms with E-state index in [1.54, 1.807) is 0 Å². The first-order chi connectivity index (χ1) is 14.1. The van der Waals surface area contributed by atoms with Crippen molar-refractivity contribution in [2.24, 2.45) is 0 Å². The average Bonchev–Trinajstić information content (AvgIpc) is 2.72. The Balaban J connectivity index is 2.48. The number of alkyl halides is 3. The lowest BCUT2D eigenvalue weighted by molar-refractivity contribution is -0.137. The summed E-state index contributed by atoms with van der Waals surface area (Å²) in [5.41, 5.74) is -2.18. The van der Waals surface area contributed by atoms with Crippen LogP contribution >= 0.6 is 7.94 Å². The maximum absolute atomic E-state index is 13.8. The van der Waals surface area contributed by atoms with Crippen LogP contribution in [-0.2, 0) is 26.6 Å². The molecule has 0 spiro atoms. The summed E-state index contributed by atoms with van der Waals surface area (Å²) in [5.74, 6) is -1.01. The monoisotopic (exact) mass is 446 g/mol. The number of benzene rings is 1. The molecule has 2 heterocycles. The van der Waals surface area contributed by atoms with Crippen LogP contribution in [-0.4, -0.2) is 41.3 Å². The van der Waals surface area contributed by atoms with Crippen molar-refractivity contribution in [1.82, 2.24) is 4.98 Å². The van der Waals surface area contributed by atoms with Gasteiger partial charge in [0.15, 0.2) is 0 Å². The maximum Gasteiger partial charge on any atom is 0.448 e. The highest BCUT2D eigenvalue weighted by molar-refractivity contribution is 7.69. The number of carbonyl (C=O) groups excluding carboxylic acids is 1. The van der Waals surface area contributed by atoms with Gasteiger partial charge in [0, 0.05) is 6.42 Å². The average molecular weight is 446 g/mol. The topological polar surface area (TPSA) is 98.1 Å². The minimum absolute atomic E-state index is 0.0800. The van der Waals surface area contributed by atoms with E-state index in [4.69, 9.17) is 13.8 Å². The Hall–Kier alpha value is -2.10. The van der Waals surface area contributed by atoms with Gasteiger partial charge in [0.1, 0.15) is 13.2 Å². The van der Waals surface area contributed by atoms with Gasteiger partial charge in [-0.25, -0.2) is 4.79 Å². The van der Waals surface area contributed by atoms with Crippen molar-refractivity contribution in [3.63, 3.8) is 0 Å². The van der Waals surface area contributed by atoms with Gasteiger partial charge < -0.3 is 9.84 Å². The summed E-state index contributed by atoms with van der Waals surface area (Å²) in [7, 11) is -2.80. The molecule has 1 aromatic carbocycles. The Kier molecular flexibility index (Phi) is 6.45. The van der Waals surface area contributed by atoms with E-state index in [1.807, 2.05) is 0 Å². The van der Waals surface area contributed by atoms with Crippen LogP contribution in [0.2, 0.25) is 0 Å². The van der Waals surface area contributed by atoms with Gasteiger partial charge in [0.2, 0.25) is 5.30 Å². The van der Waals surface area contributed by atoms with E-state index >= 15 is 0 Å². The summed E-state index contributed by atoms with van der Waals surface area (Å²) < 4.78 is 57.1. The molecule has 1 aliphatic rings. The molecule has 0 amide bonds. The molecule has 0 radical (unpaired) electrons. The Labute approximate surface area is 171 Å². The quantitative estimate of drug-likeness (QED) is 0.550. The molecule has 0 aliphatic carbocycles. The van der Waals surface area contributed by atoms with E-state index in [2.05, 4.69) is 4.98 Å². The van der Waals surface area contributed by atoms with E-state index in [0.717, 1.165) is 13.2 Å². The lowest BCUT2D eigenvalue weighted by Gasteiger charge is -2.26. The lowest BCUT2D eigenvalue weighted by Crippen LogP contribution is -2.30. The lowest BCUT2D eigenvalue weighted by atomic mass is 9.93. The van der Waals surface area contributed by atoms with E-state index in [-0.39, 0.29) is 46.6 Å². The largest absolute Gasteiger partial charge is 0.465 e. The van der Waals surface area contributed by atoms with E-state index in [1.165, 1.54) is 25.1 Å². The number of aromatic nitrogens is 1. The van der Waals surface area contributed by atoms with Crippen LogP contribution in [0.25, 0.3) is 11.1 Å². The van der Waals surface area contributed by atoms with Crippen LogP contribution in [0.4, 0.5) is 13.2 Å². The number of rotatable bonds is 4. The molecule has 3 rings (SSSR count). The van der Waals surface area contributed by atoms with Crippen LogP contribution in [0.3, 0.4) is 0 Å². The van der Waals surface area contributed by atoms with E-state index in [0.29, 0.717) is 6.42 Å². The summed E-state index contributed by atoms with van der Waals surface area (Å²) in [6.07, 6.45) is -4.27. The minimum Gasteiger partial charge on any atom is -0.465 e. The van der Waals surface area contributed by atoms with Crippen LogP contribution in [0.15, 0.2) is 24.3 Å². The number of hydrogen-bond acceptors (Lipinski definition) is 7. The summed E-state index contributed by atoms with van der Waals surface area (Å²) in [5, 5.41) is 9.60. The van der Waals surface area contributed by atoms with Gasteiger partial charge in [-0.05, 0) is 18.6 Å². The second-order valence-electron chi connectivity index (χ2n) is 6.48. The molecule has 0 saturated carbocycles. The Morgan fingerprint density at radius 2 is 1.90 bits per heavy atom. The molecule has 0 atom stereocenters. The number of nitrogens with zero attached hydrogens (tertiary/aromatic N) is 1. The van der Waals surface area contributed by atoms with Crippen LogP contribution < -0.4 is 5.30 Å². The Bertz CT molecular complexity index is 960. The third-order valence-corrected chi connectivity index (χ3v) is 6.74. The van der Waals surface area contributed by atoms with Gasteiger partial charge in [-0.3, -0.25) is 4.98 Å². The number of ether oxygens (including phenoxy) is 1. The molecule has 1 saturated heterocycles. The highest BCUT2D eigenvalue weighted by atomic mass is 31.2. The van der Waals surface area contributed by atoms with Crippen molar-refractivity contribution in [2.45, 2.75) is 26.1 Å². The van der Waals surface area contributed by atoms with Crippen LogP contribution in [0, 0.1) is 6.92 Å². The molecule has 1 fully saturated rings. The summed E-state index contributed by atoms with van der Waals surface area (Å²) in [4.78, 5) is 27.9. The molecule has 162 valence electrons. The third-order valence-electron chi connectivity index (χ3n) is 4.57. The molecule has 0 unspecified atom stereocenters. The highest BCUT2D eigenvalue weighted by Gasteiger charge is 2.52. The number of pyridine rings is 1. The van der Waals surface area contributed by atoms with E-state index < -0.39 is 32.3 Å². The predicted octanol–water partition coefficient (Wildman–Crippen LogP) is 3.17. The zero-order valence-electron chi connectivity index (χ0n) is 16.2. The van der Waals surface area contributed by atoms with Crippen molar-refractivity contribution in [2.75, 3.05) is 20.3 Å². The number of carbonyl (C=O) groups is 1. The first-order valence-corrected chi connectivity index (χ1v) is 10.5. The molecule has 0 bridgehead atoms. The van der Waals surface area contributed by atoms with Crippen LogP contribution in [0.5, 0.6) is 0 Å². The number of aliphatic hydroxyl groups is 1. The second kappa shape index (κ2) is 8.56. The van der Waals surface area contributed by atoms with Crippen LogP contribution in [0.1, 0.15) is 33.7 Å². The van der Waals surface area contributed by atoms with Gasteiger partial charge in [0.05, 0.1) is 41.8 Å². The van der Waals surface area contributed by atoms with E-state index in [9.17, 15) is 28.0 Å². The number of halogens is 3. The first-order valence-electron chi connectivity index (χ1n) is 8.94. The zero-order chi connectivity index (χ0) is 22.1. The molecule has 30 heavy (non-hydrogen) atoms. The van der Waals surface area contributed by atoms with Crippen molar-refractivity contribution in [3.05, 3.63) is 46.8 Å². The van der Waals surface area contributed by atoms with Gasteiger partial charge in [-0.1, -0.05) is 18.2 Å². The van der Waals surface area contributed by atoms with Gasteiger partial charge in [-0.15, -0.1) is 0 Å². The molecular weight excluding hydrogens is 426 g/mol. The van der Waals surface area contributed by atoms with Crippen molar-refractivity contribution >= 4 is 19.2 Å². The summed E-state index contributed by atoms with van der Waals surface area (Å²) in [6.45, 7) is 0.957. The molecule has 2 N–H and O–H groups in total. The highest BCUT2D eigenvalue weighted by Crippen LogP contribution is 2.60. The standard InChI is InChI=1S/C19H20F3NO6P/c1-11-17(30(26)28-8-5-9-29-30)15(16(18(25)27-2)14(10-24)23-11)12-6-3-4-7-13(12)19(20,21)22/h3-4,6-7,24,26H,5,8-10H2,1-2H3/q+1. The van der Waals surface area contributed by atoms with Crippen molar-refractivity contribution < 1.29 is 41.8 Å². The SMILES string of the molecule is COC(=O)c1c(CO)nc(C)c([P+]2(O)OCCCO2)c1-c1ccccc1C(F)(F)F. The fourth-order valence-corrected chi connectivity index (χ4v) is 5.41. The molecule has 11 heteroatoms. The summed E-state index contributed by atoms with van der Waals surface area (Å²) in [6, 6.07) is 4.61. The fourth-order valence-electron chi connectivity index (χ4n) is 3.35. The zero-order valence-corrected chi connectivity index (χ0v) is 17.1. The fraction of sp³-hybridized carbons (Fsp3) is 0.368. The first kappa shape index (κ1) is 22.6. The number of hydrogen-bond donors (Lipinski definition) is 2. The van der Waals surface area contributed by atoms with Gasteiger partial charge in [-0.2, -0.15) is 27.1 Å². The number of aryl methyl sites for hydroxylation is 1. The number of esters is 1. The normalized spacial score (nSPS) is 16.4. The Morgan fingerprint density at radius 3 is 2.47 bits per heavy atom. The Morgan fingerprint density at radius 1 is 1.27 bits per heavy atom. The number of aliphatic hydroxyl groups excluding tert-OH is 1. The maximum atomic E-state index is 13.8. The molecule has 1 aliphatic heterocycles. The summed E-state index contributed by atoms with van der Waals surface area (Å²) >= 11 is 0. The third kappa shape index (κ3) is 4.06. The molecule has 1 aromatic heterocycles. The van der Waals surface area contributed by atoms with Gasteiger partial charge >= 0.3 is 20.1 Å².